The van der Waals surface area contributed by atoms with E-state index in [4.69, 9.17) is 9.84 Å². The third kappa shape index (κ3) is 10.4. The Balaban J connectivity index is 1.40. The zero-order valence-electron chi connectivity index (χ0n) is 22.6. The molecule has 1 aromatic carbocycles. The van der Waals surface area contributed by atoms with Gasteiger partial charge in [0.15, 0.2) is 0 Å². The number of benzene rings is 1. The number of hydrogen-bond acceptors (Lipinski definition) is 3. The molecule has 4 heteroatoms. The Kier molecular flexibility index (Phi) is 12.2. The van der Waals surface area contributed by atoms with Gasteiger partial charge in [0.25, 0.3) is 0 Å². The monoisotopic (exact) mass is 501 g/mol. The number of carboxylic acids is 1. The summed E-state index contributed by atoms with van der Waals surface area (Å²) in [6.07, 6.45) is 24.8. The Morgan fingerprint density at radius 2 is 1.92 bits per heavy atom. The number of rotatable bonds is 12. The first-order chi connectivity index (χ1) is 18.0. The van der Waals surface area contributed by atoms with Gasteiger partial charge in [-0.1, -0.05) is 66.8 Å². The van der Waals surface area contributed by atoms with Crippen molar-refractivity contribution in [3.05, 3.63) is 107 Å². The van der Waals surface area contributed by atoms with Crippen molar-refractivity contribution in [3.8, 4) is 0 Å². The van der Waals surface area contributed by atoms with Crippen LogP contribution in [-0.4, -0.2) is 42.2 Å². The van der Waals surface area contributed by atoms with Gasteiger partial charge in [-0.3, -0.25) is 9.69 Å². The SMILES string of the molecule is C\C=C/C(=C\C=C\OCCC1=CCC=C(CN2CCCC(c3ccccc3C)CC2)C=C1)CCC(=O)O. The van der Waals surface area contributed by atoms with Crippen molar-refractivity contribution in [2.75, 3.05) is 26.2 Å². The summed E-state index contributed by atoms with van der Waals surface area (Å²) < 4.78 is 5.68. The van der Waals surface area contributed by atoms with Gasteiger partial charge in [0.1, 0.15) is 0 Å². The van der Waals surface area contributed by atoms with Crippen LogP contribution in [0.15, 0.2) is 95.9 Å². The lowest BCUT2D eigenvalue weighted by Gasteiger charge is -2.21. The predicted octanol–water partition coefficient (Wildman–Crippen LogP) is 7.66. The van der Waals surface area contributed by atoms with Crippen molar-refractivity contribution >= 4 is 5.97 Å². The van der Waals surface area contributed by atoms with E-state index < -0.39 is 5.97 Å². The molecule has 0 bridgehead atoms. The van der Waals surface area contributed by atoms with Crippen LogP contribution in [0, 0.1) is 6.92 Å². The fraction of sp³-hybridized carbons (Fsp3) is 0.424. The molecule has 1 aliphatic carbocycles. The van der Waals surface area contributed by atoms with Crippen LogP contribution in [0.2, 0.25) is 0 Å². The molecule has 37 heavy (non-hydrogen) atoms. The van der Waals surface area contributed by atoms with Crippen LogP contribution in [0.4, 0.5) is 0 Å². The standard InChI is InChI=1S/C33H43NO3/c1-3-9-28(18-19-33(35)36)13-8-24-37-25-21-29-11-6-12-30(17-16-29)26-34-22-7-14-31(20-23-34)32-15-5-4-10-27(32)2/h3-5,8-13,15-17,24,31H,6-7,14,18-23,25-26H2,1-2H3,(H,35,36)/b9-3-,24-8+,28-13+. The highest BCUT2D eigenvalue weighted by atomic mass is 16.5. The molecule has 0 aromatic heterocycles. The van der Waals surface area contributed by atoms with Gasteiger partial charge >= 0.3 is 5.97 Å². The second kappa shape index (κ2) is 15.9. The van der Waals surface area contributed by atoms with E-state index >= 15 is 0 Å². The number of carboxylic acid groups (broad SMARTS) is 1. The Bertz CT molecular complexity index is 1060. The maximum absolute atomic E-state index is 10.8. The van der Waals surface area contributed by atoms with Gasteiger partial charge in [-0.25, -0.2) is 0 Å². The molecule has 1 fully saturated rings. The van der Waals surface area contributed by atoms with Gasteiger partial charge in [-0.05, 0) is 98.9 Å². The van der Waals surface area contributed by atoms with Gasteiger partial charge in [-0.2, -0.15) is 0 Å². The fourth-order valence-corrected chi connectivity index (χ4v) is 5.09. The minimum absolute atomic E-state index is 0.132. The molecule has 1 aliphatic heterocycles. The largest absolute Gasteiger partial charge is 0.501 e. The first-order valence-electron chi connectivity index (χ1n) is 13.7. The third-order valence-electron chi connectivity index (χ3n) is 7.13. The number of ether oxygens (including phenoxy) is 1. The summed E-state index contributed by atoms with van der Waals surface area (Å²) in [5, 5.41) is 8.87. The van der Waals surface area contributed by atoms with Gasteiger partial charge in [0.2, 0.25) is 0 Å². The van der Waals surface area contributed by atoms with Crippen LogP contribution in [0.3, 0.4) is 0 Å². The van der Waals surface area contributed by atoms with Crippen LogP contribution < -0.4 is 0 Å². The van der Waals surface area contributed by atoms with Gasteiger partial charge in [-0.15, -0.1) is 0 Å². The Morgan fingerprint density at radius 1 is 1.11 bits per heavy atom. The maximum atomic E-state index is 10.8. The first kappa shape index (κ1) is 28.5. The van der Waals surface area contributed by atoms with Crippen LogP contribution >= 0.6 is 0 Å². The lowest BCUT2D eigenvalue weighted by atomic mass is 9.89. The zero-order valence-corrected chi connectivity index (χ0v) is 22.6. The molecule has 4 nitrogen and oxygen atoms in total. The zero-order chi connectivity index (χ0) is 26.3. The molecule has 1 N–H and O–H groups in total. The van der Waals surface area contributed by atoms with E-state index in [0.717, 1.165) is 31.5 Å². The van der Waals surface area contributed by atoms with E-state index in [0.29, 0.717) is 18.9 Å². The van der Waals surface area contributed by atoms with Crippen LogP contribution in [0.5, 0.6) is 0 Å². The van der Waals surface area contributed by atoms with Crippen molar-refractivity contribution in [1.29, 1.82) is 0 Å². The maximum Gasteiger partial charge on any atom is 0.303 e. The lowest BCUT2D eigenvalue weighted by Crippen LogP contribution is -2.26. The average molecular weight is 502 g/mol. The molecule has 1 saturated heterocycles. The second-order valence-electron chi connectivity index (χ2n) is 9.97. The molecule has 1 aromatic rings. The summed E-state index contributed by atoms with van der Waals surface area (Å²) in [5.74, 6) is -0.0988. The molecule has 2 aliphatic rings. The average Bonchev–Trinajstić information content (AvgIpc) is 3.25. The molecule has 0 amide bonds. The summed E-state index contributed by atoms with van der Waals surface area (Å²) in [6.45, 7) is 8.16. The Labute approximate surface area is 223 Å². The number of allylic oxidation sites excluding steroid dienone is 8. The molecule has 0 spiro atoms. The summed E-state index contributed by atoms with van der Waals surface area (Å²) in [6, 6.07) is 8.89. The number of hydrogen-bond donors (Lipinski definition) is 1. The van der Waals surface area contributed by atoms with Crippen LogP contribution in [0.25, 0.3) is 0 Å². The minimum atomic E-state index is -0.781. The number of aliphatic carboxylic acids is 1. The van der Waals surface area contributed by atoms with Crippen molar-refractivity contribution < 1.29 is 14.6 Å². The molecule has 198 valence electrons. The smallest absolute Gasteiger partial charge is 0.303 e. The summed E-state index contributed by atoms with van der Waals surface area (Å²) in [4.78, 5) is 13.4. The van der Waals surface area contributed by atoms with E-state index in [2.05, 4.69) is 60.4 Å². The molecule has 1 atom stereocenters. The van der Waals surface area contributed by atoms with E-state index in [1.54, 1.807) is 6.26 Å². The second-order valence-corrected chi connectivity index (χ2v) is 9.97. The van der Waals surface area contributed by atoms with E-state index in [1.807, 2.05) is 31.2 Å². The van der Waals surface area contributed by atoms with Crippen molar-refractivity contribution in [1.82, 2.24) is 4.90 Å². The molecule has 1 heterocycles. The molecule has 0 radical (unpaired) electrons. The van der Waals surface area contributed by atoms with Crippen LogP contribution in [-0.2, 0) is 9.53 Å². The molecule has 1 unspecified atom stereocenters. The van der Waals surface area contributed by atoms with Crippen LogP contribution in [0.1, 0.15) is 68.9 Å². The Morgan fingerprint density at radius 3 is 2.73 bits per heavy atom. The number of carbonyl (C=O) groups is 1. The van der Waals surface area contributed by atoms with Gasteiger partial charge in [0.05, 0.1) is 12.9 Å². The molecule has 3 rings (SSSR count). The van der Waals surface area contributed by atoms with E-state index in [1.165, 1.54) is 48.1 Å². The fourth-order valence-electron chi connectivity index (χ4n) is 5.09. The summed E-state index contributed by atoms with van der Waals surface area (Å²) in [5.41, 5.74) is 6.66. The van der Waals surface area contributed by atoms with Crippen molar-refractivity contribution in [2.45, 2.75) is 64.7 Å². The molecule has 0 saturated carbocycles. The van der Waals surface area contributed by atoms with Crippen molar-refractivity contribution in [2.24, 2.45) is 0 Å². The molecular weight excluding hydrogens is 458 g/mol. The van der Waals surface area contributed by atoms with Crippen molar-refractivity contribution in [3.63, 3.8) is 0 Å². The van der Waals surface area contributed by atoms with Gasteiger partial charge < -0.3 is 9.84 Å². The third-order valence-corrected chi connectivity index (χ3v) is 7.13. The van der Waals surface area contributed by atoms with E-state index in [-0.39, 0.29) is 6.42 Å². The van der Waals surface area contributed by atoms with E-state index in [9.17, 15) is 4.79 Å². The highest BCUT2D eigenvalue weighted by Crippen LogP contribution is 2.30. The summed E-state index contributed by atoms with van der Waals surface area (Å²) >= 11 is 0. The highest BCUT2D eigenvalue weighted by Gasteiger charge is 2.20. The lowest BCUT2D eigenvalue weighted by molar-refractivity contribution is -0.136. The van der Waals surface area contributed by atoms with Gasteiger partial charge in [0, 0.05) is 19.4 Å². The topological polar surface area (TPSA) is 49.8 Å². The summed E-state index contributed by atoms with van der Waals surface area (Å²) in [7, 11) is 0. The quantitative estimate of drug-likeness (QED) is 0.181. The first-order valence-corrected chi connectivity index (χ1v) is 13.7. The predicted molar refractivity (Wildman–Crippen MR) is 154 cm³/mol. The Hall–Kier alpha value is -3.11. The number of aryl methyl sites for hydroxylation is 1. The number of likely N-dealkylation sites (tertiary alicyclic amines) is 1. The normalized spacial score (nSPS) is 19.5. The molecular formula is C33H43NO3. The highest BCUT2D eigenvalue weighted by molar-refractivity contribution is 5.67. The number of nitrogens with zero attached hydrogens (tertiary/aromatic N) is 1. The minimum Gasteiger partial charge on any atom is -0.501 e.